The van der Waals surface area contributed by atoms with Gasteiger partial charge in [-0.2, -0.15) is 0 Å². The van der Waals surface area contributed by atoms with E-state index in [-0.39, 0.29) is 58.3 Å². The summed E-state index contributed by atoms with van der Waals surface area (Å²) in [7, 11) is 0. The van der Waals surface area contributed by atoms with E-state index in [2.05, 4.69) is 70.2 Å². The zero-order valence-electron chi connectivity index (χ0n) is 46.7. The third kappa shape index (κ3) is 9.56. The predicted octanol–water partition coefficient (Wildman–Crippen LogP) is 3.39. The number of aliphatic hydroxyl groups is 8. The number of aromatic nitrogens is 3. The van der Waals surface area contributed by atoms with Gasteiger partial charge >= 0.3 is 0 Å². The summed E-state index contributed by atoms with van der Waals surface area (Å²) in [6, 6.07) is 7.28. The maximum atomic E-state index is 15.0. The van der Waals surface area contributed by atoms with Crippen LogP contribution < -0.4 is 5.32 Å². The Hall–Kier alpha value is -3.32. The van der Waals surface area contributed by atoms with Crippen LogP contribution in [0.2, 0.25) is 0 Å². The number of nitrogens with zero attached hydrogens (tertiary/aromatic N) is 3. The Bertz CT molecular complexity index is 2560. The topological polar surface area (TPSA) is 294 Å². The quantitative estimate of drug-likeness (QED) is 0.0836. The van der Waals surface area contributed by atoms with Crippen LogP contribution in [0, 0.1) is 50.2 Å². The summed E-state index contributed by atoms with van der Waals surface area (Å²) < 4.78 is 38.7. The predicted molar refractivity (Wildman–Crippen MR) is 279 cm³/mol. The first-order valence-corrected chi connectivity index (χ1v) is 28.5. The van der Waals surface area contributed by atoms with E-state index in [1.807, 2.05) is 18.2 Å². The van der Waals surface area contributed by atoms with Gasteiger partial charge in [0.2, 0.25) is 5.91 Å². The fourth-order valence-electron chi connectivity index (χ4n) is 16.6. The maximum Gasteiger partial charge on any atom is 0.227 e. The third-order valence-corrected chi connectivity index (χ3v) is 21.5. The molecule has 9 N–H and O–H groups in total. The molecule has 7 fully saturated rings. The summed E-state index contributed by atoms with van der Waals surface area (Å²) in [5, 5.41) is 98.0. The van der Waals surface area contributed by atoms with E-state index < -0.39 is 110 Å². The molecule has 5 aliphatic carbocycles. The van der Waals surface area contributed by atoms with Crippen LogP contribution in [0.4, 0.5) is 0 Å². The third-order valence-electron chi connectivity index (χ3n) is 21.5. The van der Waals surface area contributed by atoms with Gasteiger partial charge in [0, 0.05) is 5.56 Å². The molecule has 8 aliphatic rings. The smallest absolute Gasteiger partial charge is 0.227 e. The van der Waals surface area contributed by atoms with Crippen LogP contribution in [-0.2, 0) is 39.8 Å². The number of benzene rings is 1. The molecule has 78 heavy (non-hydrogen) atoms. The zero-order valence-corrected chi connectivity index (χ0v) is 46.7. The average molecular weight is 1100 g/mol. The van der Waals surface area contributed by atoms with Crippen molar-refractivity contribution in [2.24, 2.45) is 50.2 Å². The number of hydrogen-bond donors (Lipinski definition) is 9. The number of para-hydroxylation sites is 1. The lowest BCUT2D eigenvalue weighted by atomic mass is 9.33. The van der Waals surface area contributed by atoms with Crippen molar-refractivity contribution in [3.8, 4) is 5.69 Å². The molecule has 1 aromatic carbocycles. The number of nitrogens with one attached hydrogen (secondary N) is 1. The molecule has 4 saturated carbocycles. The molecule has 1 amide bonds. The summed E-state index contributed by atoms with van der Waals surface area (Å²) in [5.41, 5.74) is 1.94. The number of amides is 1. The first-order valence-electron chi connectivity index (χ1n) is 28.5. The summed E-state index contributed by atoms with van der Waals surface area (Å²) >= 11 is 0. The monoisotopic (exact) mass is 1090 g/mol. The van der Waals surface area contributed by atoms with Crippen LogP contribution in [0.25, 0.3) is 5.69 Å². The number of rotatable bonds is 12. The highest BCUT2D eigenvalue weighted by molar-refractivity contribution is 5.97. The fraction of sp³-hybridized carbons (Fsp3) is 0.793. The van der Waals surface area contributed by atoms with Crippen LogP contribution in [0.15, 0.2) is 42.1 Å². The van der Waals surface area contributed by atoms with Crippen molar-refractivity contribution < 1.29 is 78.9 Å². The van der Waals surface area contributed by atoms with Gasteiger partial charge in [0.1, 0.15) is 66.7 Å². The molecule has 3 aliphatic heterocycles. The SMILES string of the molecule is CC(=O)c1ccccc1-n1cc(CNC(=O)[C@]23CCC(C)(C)C[C@H]2C2=CC[C@@H]4[C@@]5(C)CC[C@H](O[C@@H]6OC[C@H](O[C@@H]7O[C@H](CO)[C@@H](O)[C@H](O)[C@H]7O)[C@H](O)[C@H]6O[C@@H]6O[C@@H](C)[C@H](O)[C@@H](O)[C@H]6O)C(C)(C)[C@@H]5CC[C@@]4(C)[C@]2(C)CC3)nn1. The number of Topliss-reactive ketones (excluding diaryl/α,β-unsaturated/α-hetero) is 1. The molecule has 22 atom stereocenters. The van der Waals surface area contributed by atoms with E-state index in [9.17, 15) is 50.4 Å². The van der Waals surface area contributed by atoms with Gasteiger partial charge in [-0.1, -0.05) is 77.5 Å². The number of carbonyl (C=O) groups excluding carboxylic acids is 2. The summed E-state index contributed by atoms with van der Waals surface area (Å²) in [4.78, 5) is 27.4. The number of aliphatic hydroxyl groups excluding tert-OH is 8. The molecule has 2 aromatic rings. The molecule has 1 aromatic heterocycles. The van der Waals surface area contributed by atoms with Crippen LogP contribution in [0.1, 0.15) is 143 Å². The highest BCUT2D eigenvalue weighted by Gasteiger charge is 2.70. The summed E-state index contributed by atoms with van der Waals surface area (Å²) in [6.07, 6.45) is -8.28. The van der Waals surface area contributed by atoms with Crippen molar-refractivity contribution in [3.05, 3.63) is 53.4 Å². The number of carbonyl (C=O) groups is 2. The second-order valence-electron chi connectivity index (χ2n) is 26.6. The molecular formula is C58H86N4O16. The largest absolute Gasteiger partial charge is 0.394 e. The number of ether oxygens (including phenoxy) is 6. The van der Waals surface area contributed by atoms with Crippen molar-refractivity contribution in [3.63, 3.8) is 0 Å². The Balaban J connectivity index is 0.872. The van der Waals surface area contributed by atoms with E-state index in [1.165, 1.54) is 19.4 Å². The second kappa shape index (κ2) is 21.1. The highest BCUT2D eigenvalue weighted by Crippen LogP contribution is 2.76. The number of ketones is 1. The normalized spacial score (nSPS) is 45.9. The Labute approximate surface area is 457 Å². The minimum Gasteiger partial charge on any atom is -0.394 e. The molecule has 434 valence electrons. The molecule has 0 bridgehead atoms. The van der Waals surface area contributed by atoms with Gasteiger partial charge in [-0.25, -0.2) is 4.68 Å². The molecule has 4 heterocycles. The zero-order chi connectivity index (χ0) is 56.2. The van der Waals surface area contributed by atoms with E-state index in [1.54, 1.807) is 16.9 Å². The van der Waals surface area contributed by atoms with Gasteiger partial charge in [-0.05, 0) is 135 Å². The van der Waals surface area contributed by atoms with Gasteiger partial charge < -0.3 is 74.6 Å². The van der Waals surface area contributed by atoms with E-state index >= 15 is 0 Å². The number of fused-ring (bicyclic) bond motifs is 7. The van der Waals surface area contributed by atoms with Gasteiger partial charge in [0.25, 0.3) is 0 Å². The van der Waals surface area contributed by atoms with Crippen molar-refractivity contribution in [1.29, 1.82) is 0 Å². The molecule has 10 rings (SSSR count). The summed E-state index contributed by atoms with van der Waals surface area (Å²) in [5.74, 6) is 0.596. The minimum atomic E-state index is -1.76. The highest BCUT2D eigenvalue weighted by atomic mass is 16.8. The fourth-order valence-corrected chi connectivity index (χ4v) is 16.6. The molecule has 20 heteroatoms. The van der Waals surface area contributed by atoms with E-state index in [4.69, 9.17) is 28.4 Å². The summed E-state index contributed by atoms with van der Waals surface area (Å²) in [6.45, 7) is 18.9. The molecule has 3 saturated heterocycles. The van der Waals surface area contributed by atoms with Crippen LogP contribution in [0.5, 0.6) is 0 Å². The Morgan fingerprint density at radius 3 is 2.18 bits per heavy atom. The van der Waals surface area contributed by atoms with Gasteiger partial charge in [-0.15, -0.1) is 5.10 Å². The molecule has 0 radical (unpaired) electrons. The number of hydrogen-bond acceptors (Lipinski definition) is 18. The van der Waals surface area contributed by atoms with Gasteiger partial charge in [0.05, 0.1) is 49.3 Å². The van der Waals surface area contributed by atoms with E-state index in [0.29, 0.717) is 29.3 Å². The Morgan fingerprint density at radius 1 is 0.769 bits per heavy atom. The van der Waals surface area contributed by atoms with Gasteiger partial charge in [0.15, 0.2) is 24.7 Å². The van der Waals surface area contributed by atoms with Crippen LogP contribution in [-0.4, -0.2) is 173 Å². The minimum absolute atomic E-state index is 0.0515. The van der Waals surface area contributed by atoms with Crippen LogP contribution in [0.3, 0.4) is 0 Å². The van der Waals surface area contributed by atoms with Crippen molar-refractivity contribution in [1.82, 2.24) is 20.3 Å². The number of allylic oxidation sites excluding steroid dienone is 2. The maximum absolute atomic E-state index is 15.0. The molecule has 0 unspecified atom stereocenters. The lowest BCUT2D eigenvalue weighted by molar-refractivity contribution is -0.380. The van der Waals surface area contributed by atoms with E-state index in [0.717, 1.165) is 57.8 Å². The van der Waals surface area contributed by atoms with Gasteiger partial charge in [-0.3, -0.25) is 9.59 Å². The standard InChI is InChI=1S/C58H86N4O16/c1-29(64)32-12-10-11-13-35(32)62-26-31(60-61-62)25-59-52(72)58-22-20-53(3,4)24-34(58)33-14-15-39-55(7)18-17-40(54(5,6)38(55)16-19-57(39,9)56(33,8)21-23-58)77-51-48(78-49-46(70)44(68)41(65)30(2)74-49)43(67)37(28-73-51)76-50-47(71)45(69)42(66)36(27-63)75-50/h10-14,26,30,34,36-51,63,65-71H,15-25,27-28H2,1-9H3,(H,59,72)/t30-,34-,36+,37-,38-,39+,40-,41-,42+,43-,44+,45-,46+,47+,48+,49-,50-,51-,55-,56+,57+,58-/m0/s1. The van der Waals surface area contributed by atoms with Crippen molar-refractivity contribution in [2.75, 3.05) is 13.2 Å². The Kier molecular flexibility index (Phi) is 15.7. The van der Waals surface area contributed by atoms with Crippen LogP contribution >= 0.6 is 0 Å². The molecule has 20 nitrogen and oxygen atoms in total. The first-order chi connectivity index (χ1) is 36.7. The lowest BCUT2D eigenvalue weighted by Gasteiger charge is -2.71. The molecular weight excluding hydrogens is 1010 g/mol. The average Bonchev–Trinajstić information content (AvgIpc) is 4.01. The Morgan fingerprint density at radius 2 is 1.46 bits per heavy atom. The van der Waals surface area contributed by atoms with Crippen molar-refractivity contribution in [2.45, 2.75) is 225 Å². The first kappa shape index (κ1) is 57.9. The van der Waals surface area contributed by atoms with Crippen molar-refractivity contribution >= 4 is 11.7 Å². The second-order valence-corrected chi connectivity index (χ2v) is 26.6. The molecule has 0 spiro atoms. The lowest BCUT2D eigenvalue weighted by Crippen LogP contribution is -2.66.